The average Bonchev–Trinajstić information content (AvgIpc) is 2.54. The number of aromatic nitrogens is 2. The van der Waals surface area contributed by atoms with Crippen LogP contribution in [0.4, 0.5) is 5.82 Å². The van der Waals surface area contributed by atoms with Crippen LogP contribution >= 0.6 is 0 Å². The second-order valence-corrected chi connectivity index (χ2v) is 5.57. The molecule has 1 aromatic heterocycles. The Labute approximate surface area is 131 Å². The second-order valence-electron chi connectivity index (χ2n) is 5.57. The third-order valence-corrected chi connectivity index (χ3v) is 3.22. The van der Waals surface area contributed by atoms with Crippen LogP contribution in [0.25, 0.3) is 0 Å². The van der Waals surface area contributed by atoms with Crippen molar-refractivity contribution in [2.24, 2.45) is 5.92 Å². The summed E-state index contributed by atoms with van der Waals surface area (Å²) >= 11 is 0. The zero-order chi connectivity index (χ0) is 15.8. The maximum Gasteiger partial charge on any atom is 0.270 e. The number of carbonyl (C=O) groups excluding carboxylic acids is 1. The van der Waals surface area contributed by atoms with Gasteiger partial charge in [-0.3, -0.25) is 4.79 Å². The lowest BCUT2D eigenvalue weighted by molar-refractivity contribution is 0.0947. The van der Waals surface area contributed by atoms with Gasteiger partial charge in [-0.15, -0.1) is 0 Å². The maximum absolute atomic E-state index is 12.0. The van der Waals surface area contributed by atoms with E-state index in [4.69, 9.17) is 0 Å². The molecule has 0 aliphatic heterocycles. The van der Waals surface area contributed by atoms with E-state index in [1.807, 2.05) is 30.3 Å². The van der Waals surface area contributed by atoms with Crippen LogP contribution in [0.3, 0.4) is 0 Å². The van der Waals surface area contributed by atoms with Crippen molar-refractivity contribution in [3.8, 4) is 0 Å². The monoisotopic (exact) mass is 298 g/mol. The topological polar surface area (TPSA) is 66.9 Å². The van der Waals surface area contributed by atoms with E-state index in [-0.39, 0.29) is 5.91 Å². The van der Waals surface area contributed by atoms with Crippen LogP contribution in [0.1, 0.15) is 36.3 Å². The quantitative estimate of drug-likeness (QED) is 0.825. The summed E-state index contributed by atoms with van der Waals surface area (Å²) in [5.41, 5.74) is 1.54. The summed E-state index contributed by atoms with van der Waals surface area (Å²) < 4.78 is 0. The van der Waals surface area contributed by atoms with Crippen molar-refractivity contribution < 1.29 is 4.79 Å². The molecule has 1 aromatic carbocycles. The smallest absolute Gasteiger partial charge is 0.270 e. The zero-order valence-electron chi connectivity index (χ0n) is 13.0. The van der Waals surface area contributed by atoms with Crippen molar-refractivity contribution in [1.82, 2.24) is 15.3 Å². The van der Waals surface area contributed by atoms with Crippen molar-refractivity contribution in [3.63, 3.8) is 0 Å². The Hall–Kier alpha value is -2.43. The molecule has 0 saturated heterocycles. The van der Waals surface area contributed by atoms with Gasteiger partial charge in [-0.1, -0.05) is 44.2 Å². The fourth-order valence-corrected chi connectivity index (χ4v) is 1.93. The van der Waals surface area contributed by atoms with Gasteiger partial charge in [-0.05, 0) is 17.9 Å². The van der Waals surface area contributed by atoms with Crippen LogP contribution in [-0.2, 0) is 6.54 Å². The number of nitrogens with zero attached hydrogens (tertiary/aromatic N) is 2. The first-order chi connectivity index (χ1) is 10.6. The molecule has 0 spiro atoms. The van der Waals surface area contributed by atoms with E-state index in [0.717, 1.165) is 12.0 Å². The Kier molecular flexibility index (Phi) is 5.89. The highest BCUT2D eigenvalue weighted by Gasteiger charge is 2.08. The number of anilines is 1. The lowest BCUT2D eigenvalue weighted by Crippen LogP contribution is -2.26. The summed E-state index contributed by atoms with van der Waals surface area (Å²) in [6.45, 7) is 5.57. The van der Waals surface area contributed by atoms with Crippen LogP contribution in [0.15, 0.2) is 42.7 Å². The van der Waals surface area contributed by atoms with Gasteiger partial charge in [0, 0.05) is 19.2 Å². The molecule has 2 rings (SSSR count). The molecule has 22 heavy (non-hydrogen) atoms. The minimum Gasteiger partial charge on any atom is -0.366 e. The number of hydrogen-bond acceptors (Lipinski definition) is 4. The normalized spacial score (nSPS) is 10.5. The molecule has 0 aliphatic rings. The Balaban J connectivity index is 1.90. The maximum atomic E-state index is 12.0. The Morgan fingerprint density at radius 3 is 2.68 bits per heavy atom. The third-order valence-electron chi connectivity index (χ3n) is 3.22. The molecule has 0 unspecified atom stereocenters. The van der Waals surface area contributed by atoms with E-state index >= 15 is 0 Å². The summed E-state index contributed by atoms with van der Waals surface area (Å²) in [6, 6.07) is 11.7. The summed E-state index contributed by atoms with van der Waals surface area (Å²) in [6.07, 6.45) is 2.36. The largest absolute Gasteiger partial charge is 0.366 e. The highest BCUT2D eigenvalue weighted by atomic mass is 16.1. The molecule has 0 fully saturated rings. The van der Waals surface area contributed by atoms with Crippen LogP contribution < -0.4 is 10.6 Å². The number of hydrogen-bond donors (Lipinski definition) is 2. The SMILES string of the molecule is CC(C)CCNC(=O)c1cc(NCc2ccccc2)ncn1. The number of nitrogens with one attached hydrogen (secondary N) is 2. The van der Waals surface area contributed by atoms with Gasteiger partial charge in [0.15, 0.2) is 0 Å². The lowest BCUT2D eigenvalue weighted by Gasteiger charge is -2.08. The molecule has 2 N–H and O–H groups in total. The zero-order valence-corrected chi connectivity index (χ0v) is 13.0. The molecular formula is C17H22N4O. The van der Waals surface area contributed by atoms with Crippen LogP contribution in [0.2, 0.25) is 0 Å². The van der Waals surface area contributed by atoms with E-state index in [0.29, 0.717) is 30.5 Å². The molecule has 0 bridgehead atoms. The molecule has 5 nitrogen and oxygen atoms in total. The first kappa shape index (κ1) is 15.9. The minimum absolute atomic E-state index is 0.161. The highest BCUT2D eigenvalue weighted by molar-refractivity contribution is 5.92. The number of carbonyl (C=O) groups is 1. The van der Waals surface area contributed by atoms with Gasteiger partial charge in [0.05, 0.1) is 0 Å². The number of benzene rings is 1. The highest BCUT2D eigenvalue weighted by Crippen LogP contribution is 2.07. The van der Waals surface area contributed by atoms with Crippen molar-refractivity contribution >= 4 is 11.7 Å². The van der Waals surface area contributed by atoms with Crippen molar-refractivity contribution in [1.29, 1.82) is 0 Å². The minimum atomic E-state index is -0.161. The molecule has 5 heteroatoms. The van der Waals surface area contributed by atoms with E-state index < -0.39 is 0 Å². The van der Waals surface area contributed by atoms with Crippen LogP contribution in [-0.4, -0.2) is 22.4 Å². The van der Waals surface area contributed by atoms with Gasteiger partial charge >= 0.3 is 0 Å². The predicted octanol–water partition coefficient (Wildman–Crippen LogP) is 2.86. The molecule has 116 valence electrons. The van der Waals surface area contributed by atoms with Gasteiger partial charge in [-0.25, -0.2) is 9.97 Å². The molecule has 0 aliphatic carbocycles. The van der Waals surface area contributed by atoms with Gasteiger partial charge in [0.1, 0.15) is 17.8 Å². The van der Waals surface area contributed by atoms with Crippen LogP contribution in [0, 0.1) is 5.92 Å². The first-order valence-electron chi connectivity index (χ1n) is 7.53. The molecular weight excluding hydrogens is 276 g/mol. The molecule has 1 heterocycles. The Bertz CT molecular complexity index is 599. The van der Waals surface area contributed by atoms with Gasteiger partial charge in [-0.2, -0.15) is 0 Å². The summed E-state index contributed by atoms with van der Waals surface area (Å²) in [7, 11) is 0. The molecule has 1 amide bonds. The van der Waals surface area contributed by atoms with Crippen molar-refractivity contribution in [2.75, 3.05) is 11.9 Å². The predicted molar refractivity (Wildman–Crippen MR) is 87.6 cm³/mol. The van der Waals surface area contributed by atoms with Gasteiger partial charge in [0.25, 0.3) is 5.91 Å². The standard InChI is InChI=1S/C17H22N4O/c1-13(2)8-9-18-17(22)15-10-16(21-12-20-15)19-11-14-6-4-3-5-7-14/h3-7,10,12-13H,8-9,11H2,1-2H3,(H,18,22)(H,19,20,21). The second kappa shape index (κ2) is 8.12. The summed E-state index contributed by atoms with van der Waals surface area (Å²) in [5.74, 6) is 1.05. The Morgan fingerprint density at radius 1 is 1.18 bits per heavy atom. The molecule has 0 radical (unpaired) electrons. The van der Waals surface area contributed by atoms with E-state index in [2.05, 4.69) is 34.4 Å². The molecule has 2 aromatic rings. The molecule has 0 atom stereocenters. The Morgan fingerprint density at radius 2 is 1.95 bits per heavy atom. The summed E-state index contributed by atoms with van der Waals surface area (Å²) in [5, 5.41) is 6.07. The first-order valence-corrected chi connectivity index (χ1v) is 7.53. The number of amides is 1. The average molecular weight is 298 g/mol. The fraction of sp³-hybridized carbons (Fsp3) is 0.353. The van der Waals surface area contributed by atoms with E-state index in [9.17, 15) is 4.79 Å². The third kappa shape index (κ3) is 5.16. The van der Waals surface area contributed by atoms with Gasteiger partial charge in [0.2, 0.25) is 0 Å². The fourth-order valence-electron chi connectivity index (χ4n) is 1.93. The van der Waals surface area contributed by atoms with Gasteiger partial charge < -0.3 is 10.6 Å². The number of rotatable bonds is 7. The van der Waals surface area contributed by atoms with Crippen molar-refractivity contribution in [2.45, 2.75) is 26.8 Å². The van der Waals surface area contributed by atoms with E-state index in [1.54, 1.807) is 6.07 Å². The summed E-state index contributed by atoms with van der Waals surface area (Å²) in [4.78, 5) is 20.2. The van der Waals surface area contributed by atoms with Crippen LogP contribution in [0.5, 0.6) is 0 Å². The van der Waals surface area contributed by atoms with Crippen molar-refractivity contribution in [3.05, 3.63) is 54.0 Å². The van der Waals surface area contributed by atoms with E-state index in [1.165, 1.54) is 6.33 Å². The molecule has 0 saturated carbocycles. The lowest BCUT2D eigenvalue weighted by atomic mass is 10.1.